The maximum absolute atomic E-state index is 13.0. The highest BCUT2D eigenvalue weighted by atomic mass is 79.9. The molecule has 0 aliphatic rings. The van der Waals surface area contributed by atoms with Gasteiger partial charge in [-0.2, -0.15) is 0 Å². The molecule has 1 heterocycles. The summed E-state index contributed by atoms with van der Waals surface area (Å²) in [7, 11) is 5.50. The van der Waals surface area contributed by atoms with Gasteiger partial charge >= 0.3 is 0 Å². The Balaban J connectivity index is 1.77. The first kappa shape index (κ1) is 22.3. The minimum Gasteiger partial charge on any atom is -0.383 e. The molecule has 0 bridgehead atoms. The molecular formula is C21H23BrN4O3S. The lowest BCUT2D eigenvalue weighted by molar-refractivity contribution is -0.113. The zero-order valence-corrected chi connectivity index (χ0v) is 19.4. The van der Waals surface area contributed by atoms with Crippen molar-refractivity contribution in [3.8, 4) is 0 Å². The molecule has 0 fully saturated rings. The van der Waals surface area contributed by atoms with Gasteiger partial charge in [0, 0.05) is 37.1 Å². The fourth-order valence-corrected chi connectivity index (χ4v) is 4.02. The normalized spacial score (nSPS) is 10.9. The molecule has 3 rings (SSSR count). The number of carbonyl (C=O) groups excluding carboxylic acids is 1. The fourth-order valence-electron chi connectivity index (χ4n) is 2.83. The molecule has 0 atom stereocenters. The first-order valence-electron chi connectivity index (χ1n) is 9.28. The van der Waals surface area contributed by atoms with Crippen LogP contribution in [0.2, 0.25) is 0 Å². The van der Waals surface area contributed by atoms with E-state index in [2.05, 4.69) is 26.2 Å². The van der Waals surface area contributed by atoms with Crippen LogP contribution in [0.1, 0.15) is 0 Å². The van der Waals surface area contributed by atoms with Crippen molar-refractivity contribution in [3.05, 3.63) is 57.3 Å². The molecule has 0 unspecified atom stereocenters. The number of rotatable bonds is 8. The summed E-state index contributed by atoms with van der Waals surface area (Å²) in [4.78, 5) is 32.0. The largest absolute Gasteiger partial charge is 0.383 e. The van der Waals surface area contributed by atoms with Crippen molar-refractivity contribution in [2.24, 2.45) is 0 Å². The Labute approximate surface area is 187 Å². The number of aromatic nitrogens is 2. The van der Waals surface area contributed by atoms with Gasteiger partial charge in [-0.15, -0.1) is 0 Å². The van der Waals surface area contributed by atoms with Gasteiger partial charge in [0.1, 0.15) is 0 Å². The predicted molar refractivity (Wildman–Crippen MR) is 126 cm³/mol. The van der Waals surface area contributed by atoms with Crippen LogP contribution in [-0.4, -0.2) is 49.0 Å². The number of amides is 1. The van der Waals surface area contributed by atoms with Gasteiger partial charge in [-0.25, -0.2) is 4.98 Å². The lowest BCUT2D eigenvalue weighted by atomic mass is 10.2. The Hall–Kier alpha value is -2.36. The van der Waals surface area contributed by atoms with Gasteiger partial charge < -0.3 is 15.0 Å². The predicted octanol–water partition coefficient (Wildman–Crippen LogP) is 3.60. The van der Waals surface area contributed by atoms with Crippen molar-refractivity contribution in [1.82, 2.24) is 9.55 Å². The first-order chi connectivity index (χ1) is 14.4. The van der Waals surface area contributed by atoms with Crippen LogP contribution in [0.5, 0.6) is 0 Å². The molecule has 9 heteroatoms. The second-order valence-electron chi connectivity index (χ2n) is 6.78. The summed E-state index contributed by atoms with van der Waals surface area (Å²) in [6, 6.07) is 13.0. The molecule has 0 aliphatic heterocycles. The second-order valence-corrected chi connectivity index (χ2v) is 8.64. The van der Waals surface area contributed by atoms with E-state index in [1.807, 2.05) is 49.3 Å². The number of nitrogens with zero attached hydrogens (tertiary/aromatic N) is 3. The van der Waals surface area contributed by atoms with Crippen LogP contribution in [-0.2, 0) is 16.1 Å². The van der Waals surface area contributed by atoms with Crippen LogP contribution in [0.25, 0.3) is 10.9 Å². The quantitative estimate of drug-likeness (QED) is 0.384. The molecule has 0 radical (unpaired) electrons. The standard InChI is InChI=1S/C21H23BrN4O3S/c1-25(2)16-7-5-15(6-8-16)23-19(27)13-30-21-24-18-9-4-14(22)12-17(18)20(28)26(21)10-11-29-3/h4-9,12H,10-11,13H2,1-3H3,(H,23,27). The Morgan fingerprint density at radius 2 is 1.97 bits per heavy atom. The number of carbonyl (C=O) groups is 1. The molecule has 1 N–H and O–H groups in total. The van der Waals surface area contributed by atoms with Crippen LogP contribution in [0.4, 0.5) is 11.4 Å². The number of thioether (sulfide) groups is 1. The van der Waals surface area contributed by atoms with Crippen LogP contribution in [0, 0.1) is 0 Å². The van der Waals surface area contributed by atoms with Gasteiger partial charge in [0.15, 0.2) is 5.16 Å². The molecule has 1 amide bonds. The lowest BCUT2D eigenvalue weighted by Crippen LogP contribution is -2.26. The molecule has 7 nitrogen and oxygen atoms in total. The van der Waals surface area contributed by atoms with Gasteiger partial charge in [0.05, 0.1) is 29.8 Å². The topological polar surface area (TPSA) is 76.5 Å². The third-order valence-electron chi connectivity index (χ3n) is 4.40. The highest BCUT2D eigenvalue weighted by molar-refractivity contribution is 9.10. The van der Waals surface area contributed by atoms with E-state index in [0.717, 1.165) is 15.8 Å². The molecule has 3 aromatic rings. The van der Waals surface area contributed by atoms with Crippen LogP contribution in [0.3, 0.4) is 0 Å². The van der Waals surface area contributed by atoms with Crippen molar-refractivity contribution < 1.29 is 9.53 Å². The molecule has 158 valence electrons. The Morgan fingerprint density at radius 1 is 1.23 bits per heavy atom. The van der Waals surface area contributed by atoms with Gasteiger partial charge in [-0.05, 0) is 42.5 Å². The van der Waals surface area contributed by atoms with Gasteiger partial charge in [-0.3, -0.25) is 14.2 Å². The summed E-state index contributed by atoms with van der Waals surface area (Å²) in [6.07, 6.45) is 0. The average molecular weight is 491 g/mol. The smallest absolute Gasteiger partial charge is 0.262 e. The number of halogens is 1. The summed E-state index contributed by atoms with van der Waals surface area (Å²) in [5.74, 6) is -0.0299. The molecule has 2 aromatic carbocycles. The molecule has 30 heavy (non-hydrogen) atoms. The van der Waals surface area contributed by atoms with E-state index in [0.29, 0.717) is 29.2 Å². The third kappa shape index (κ3) is 5.41. The number of benzene rings is 2. The summed E-state index contributed by atoms with van der Waals surface area (Å²) >= 11 is 4.62. The van der Waals surface area contributed by atoms with Crippen LogP contribution in [0.15, 0.2) is 56.9 Å². The van der Waals surface area contributed by atoms with Gasteiger partial charge in [0.2, 0.25) is 5.91 Å². The Kier molecular flexibility index (Phi) is 7.52. The van der Waals surface area contributed by atoms with E-state index in [1.165, 1.54) is 11.8 Å². The van der Waals surface area contributed by atoms with Crippen molar-refractivity contribution in [1.29, 1.82) is 0 Å². The Bertz CT molecular complexity index is 1100. The third-order valence-corrected chi connectivity index (χ3v) is 5.87. The average Bonchev–Trinajstić information content (AvgIpc) is 2.72. The highest BCUT2D eigenvalue weighted by Gasteiger charge is 2.14. The van der Waals surface area contributed by atoms with E-state index in [9.17, 15) is 9.59 Å². The number of ether oxygens (including phenoxy) is 1. The zero-order chi connectivity index (χ0) is 21.7. The molecular weight excluding hydrogens is 468 g/mol. The monoisotopic (exact) mass is 490 g/mol. The van der Waals surface area contributed by atoms with Gasteiger partial charge in [0.25, 0.3) is 5.56 Å². The summed E-state index contributed by atoms with van der Waals surface area (Å²) < 4.78 is 7.50. The number of hydrogen-bond donors (Lipinski definition) is 1. The Morgan fingerprint density at radius 3 is 2.63 bits per heavy atom. The minimum absolute atomic E-state index is 0.136. The van der Waals surface area contributed by atoms with E-state index in [1.54, 1.807) is 23.8 Å². The summed E-state index contributed by atoms with van der Waals surface area (Å²) in [5, 5.41) is 3.89. The SMILES string of the molecule is COCCn1c(SCC(=O)Nc2ccc(N(C)C)cc2)nc2ccc(Br)cc2c1=O. The van der Waals surface area contributed by atoms with Crippen molar-refractivity contribution in [2.45, 2.75) is 11.7 Å². The molecule has 0 aliphatic carbocycles. The highest BCUT2D eigenvalue weighted by Crippen LogP contribution is 2.21. The fraction of sp³-hybridized carbons (Fsp3) is 0.286. The molecule has 1 aromatic heterocycles. The summed E-state index contributed by atoms with van der Waals surface area (Å²) in [6.45, 7) is 0.736. The molecule has 0 saturated heterocycles. The van der Waals surface area contributed by atoms with Crippen LogP contribution >= 0.6 is 27.7 Å². The number of methoxy groups -OCH3 is 1. The number of fused-ring (bicyclic) bond motifs is 1. The van der Waals surface area contributed by atoms with E-state index < -0.39 is 0 Å². The number of hydrogen-bond acceptors (Lipinski definition) is 6. The molecule has 0 saturated carbocycles. The van der Waals surface area contributed by atoms with E-state index in [-0.39, 0.29) is 17.2 Å². The van der Waals surface area contributed by atoms with Crippen molar-refractivity contribution in [3.63, 3.8) is 0 Å². The van der Waals surface area contributed by atoms with Gasteiger partial charge in [-0.1, -0.05) is 27.7 Å². The number of nitrogens with one attached hydrogen (secondary N) is 1. The van der Waals surface area contributed by atoms with Crippen molar-refractivity contribution in [2.75, 3.05) is 43.8 Å². The van der Waals surface area contributed by atoms with Crippen molar-refractivity contribution >= 4 is 55.9 Å². The minimum atomic E-state index is -0.166. The second kappa shape index (κ2) is 10.1. The molecule has 0 spiro atoms. The number of anilines is 2. The maximum Gasteiger partial charge on any atom is 0.262 e. The lowest BCUT2D eigenvalue weighted by Gasteiger charge is -2.14. The maximum atomic E-state index is 13.0. The van der Waals surface area contributed by atoms with E-state index in [4.69, 9.17) is 4.74 Å². The van der Waals surface area contributed by atoms with E-state index >= 15 is 0 Å². The first-order valence-corrected chi connectivity index (χ1v) is 11.1. The van der Waals surface area contributed by atoms with Crippen LogP contribution < -0.4 is 15.8 Å². The summed E-state index contributed by atoms with van der Waals surface area (Å²) in [5.41, 5.74) is 2.22. The zero-order valence-electron chi connectivity index (χ0n) is 17.0.